The largest absolute Gasteiger partial charge is 0.491 e. The molecule has 0 spiro atoms. The number of Topliss-reactive ketones (excluding diaryl/α,β-unsaturated/α-hetero) is 1. The molecular formula is C31H32F3N5O5. The molecular weight excluding hydrogens is 579 g/mol. The number of fused-ring (bicyclic) bond motifs is 4. The number of rotatable bonds is 8. The summed E-state index contributed by atoms with van der Waals surface area (Å²) in [6.07, 6.45) is -3.50. The van der Waals surface area contributed by atoms with Crippen molar-refractivity contribution >= 4 is 29.1 Å². The Balaban J connectivity index is 1.19. The lowest BCUT2D eigenvalue weighted by Gasteiger charge is -2.35. The average molecular weight is 612 g/mol. The Morgan fingerprint density at radius 1 is 1.16 bits per heavy atom. The lowest BCUT2D eigenvalue weighted by Crippen LogP contribution is -2.48. The van der Waals surface area contributed by atoms with E-state index in [1.807, 2.05) is 13.8 Å². The number of pyridine rings is 2. The lowest BCUT2D eigenvalue weighted by atomic mass is 9.92. The summed E-state index contributed by atoms with van der Waals surface area (Å²) < 4.78 is 59.0. The standard InChI is InChI=1S/C31H32F3N5O5/c1-30(2)43-18-22(44-30)17-42-21-10-12-35-27(14-21)37-29(41)39-20-11-13-38(16-20)25-9-8-24(36-28(25)39)26(40)15-23(31(32,33)34)19-6-4-3-5-7-19/h3-10,12,14,20,22-23H,11,13,15-18H2,1-2H3,(H,35,37,41)/t20-,22-,23+/m0/s1. The van der Waals surface area contributed by atoms with Gasteiger partial charge in [0.05, 0.1) is 24.3 Å². The molecule has 5 heterocycles. The fourth-order valence-electron chi connectivity index (χ4n) is 5.80. The summed E-state index contributed by atoms with van der Waals surface area (Å²) in [6.45, 7) is 5.54. The number of benzene rings is 1. The van der Waals surface area contributed by atoms with Crippen LogP contribution in [0.15, 0.2) is 60.8 Å². The highest BCUT2D eigenvalue weighted by Crippen LogP contribution is 2.41. The van der Waals surface area contributed by atoms with E-state index in [0.717, 1.165) is 0 Å². The number of ether oxygens (including phenoxy) is 3. The van der Waals surface area contributed by atoms with Crippen molar-refractivity contribution in [2.24, 2.45) is 0 Å². The highest BCUT2D eigenvalue weighted by Gasteiger charge is 2.43. The number of aromatic nitrogens is 2. The van der Waals surface area contributed by atoms with Gasteiger partial charge in [-0.2, -0.15) is 13.2 Å². The molecule has 0 aliphatic carbocycles. The molecule has 1 aromatic carbocycles. The van der Waals surface area contributed by atoms with E-state index >= 15 is 0 Å². The van der Waals surface area contributed by atoms with E-state index in [4.69, 9.17) is 14.2 Å². The van der Waals surface area contributed by atoms with Crippen LogP contribution in [0, 0.1) is 0 Å². The number of carbonyl (C=O) groups excluding carboxylic acids is 2. The van der Waals surface area contributed by atoms with Gasteiger partial charge in [0, 0.05) is 31.8 Å². The Bertz CT molecular complexity index is 1540. The number of alkyl halides is 3. The number of anilines is 3. The van der Waals surface area contributed by atoms with Crippen molar-refractivity contribution in [3.8, 4) is 5.75 Å². The molecule has 2 amide bonds. The predicted molar refractivity (Wildman–Crippen MR) is 155 cm³/mol. The fourth-order valence-corrected chi connectivity index (χ4v) is 5.80. The van der Waals surface area contributed by atoms with Gasteiger partial charge in [-0.15, -0.1) is 0 Å². The lowest BCUT2D eigenvalue weighted by molar-refractivity contribution is -0.149. The van der Waals surface area contributed by atoms with E-state index < -0.39 is 36.1 Å². The van der Waals surface area contributed by atoms with Crippen LogP contribution in [0.3, 0.4) is 0 Å². The molecule has 232 valence electrons. The summed E-state index contributed by atoms with van der Waals surface area (Å²) in [5, 5.41) is 2.79. The molecule has 0 saturated carbocycles. The summed E-state index contributed by atoms with van der Waals surface area (Å²) in [4.78, 5) is 39.1. The van der Waals surface area contributed by atoms with Gasteiger partial charge in [0.15, 0.2) is 17.4 Å². The maximum absolute atomic E-state index is 14.0. The predicted octanol–water partition coefficient (Wildman–Crippen LogP) is 5.56. The fraction of sp³-hybridized carbons (Fsp3) is 0.419. The SMILES string of the molecule is CC1(C)OC[C@H](COc2ccnc(NC(=O)N3c4nc(C(=O)C[C@H](c5ccccc5)C(F)(F)F)ccc4N4CC[C@H]3C4)c2)O1. The van der Waals surface area contributed by atoms with Crippen LogP contribution in [-0.4, -0.2) is 72.2 Å². The number of hydrogen-bond acceptors (Lipinski definition) is 8. The normalized spacial score (nSPS) is 21.1. The minimum absolute atomic E-state index is 0.00289. The summed E-state index contributed by atoms with van der Waals surface area (Å²) in [5.41, 5.74) is 0.500. The third-order valence-electron chi connectivity index (χ3n) is 7.91. The second-order valence-corrected chi connectivity index (χ2v) is 11.5. The third-order valence-corrected chi connectivity index (χ3v) is 7.91. The molecule has 0 radical (unpaired) electrons. The van der Waals surface area contributed by atoms with E-state index in [2.05, 4.69) is 20.2 Å². The third kappa shape index (κ3) is 6.34. The number of halogens is 3. The number of nitrogens with one attached hydrogen (secondary N) is 1. The highest BCUT2D eigenvalue weighted by molar-refractivity contribution is 6.05. The second-order valence-electron chi connectivity index (χ2n) is 11.5. The Morgan fingerprint density at radius 3 is 2.68 bits per heavy atom. The Hall–Kier alpha value is -4.23. The molecule has 3 aliphatic rings. The molecule has 10 nitrogen and oxygen atoms in total. The van der Waals surface area contributed by atoms with Crippen LogP contribution in [-0.2, 0) is 9.47 Å². The van der Waals surface area contributed by atoms with Crippen molar-refractivity contribution < 1.29 is 37.0 Å². The minimum atomic E-state index is -4.62. The molecule has 44 heavy (non-hydrogen) atoms. The van der Waals surface area contributed by atoms with Crippen molar-refractivity contribution in [2.75, 3.05) is 41.4 Å². The molecule has 2 bridgehead atoms. The van der Waals surface area contributed by atoms with Crippen molar-refractivity contribution in [2.45, 2.75) is 56.7 Å². The Morgan fingerprint density at radius 2 is 1.95 bits per heavy atom. The van der Waals surface area contributed by atoms with Gasteiger partial charge in [-0.3, -0.25) is 15.0 Å². The number of nitrogens with zero attached hydrogens (tertiary/aromatic N) is 4. The maximum atomic E-state index is 14.0. The first-order valence-corrected chi connectivity index (χ1v) is 14.4. The monoisotopic (exact) mass is 611 g/mol. The molecule has 3 atom stereocenters. The number of ketones is 1. The average Bonchev–Trinajstić information content (AvgIpc) is 3.57. The van der Waals surface area contributed by atoms with Crippen LogP contribution in [0.4, 0.5) is 35.3 Å². The minimum Gasteiger partial charge on any atom is -0.491 e. The van der Waals surface area contributed by atoms with Crippen molar-refractivity contribution in [1.82, 2.24) is 9.97 Å². The van der Waals surface area contributed by atoms with Crippen molar-refractivity contribution in [1.29, 1.82) is 0 Å². The van der Waals surface area contributed by atoms with Gasteiger partial charge in [-0.1, -0.05) is 30.3 Å². The first-order chi connectivity index (χ1) is 21.0. The smallest absolute Gasteiger partial charge is 0.396 e. The maximum Gasteiger partial charge on any atom is 0.396 e. The van der Waals surface area contributed by atoms with Crippen LogP contribution >= 0.6 is 0 Å². The summed E-state index contributed by atoms with van der Waals surface area (Å²) >= 11 is 0. The van der Waals surface area contributed by atoms with Crippen LogP contribution in [0.25, 0.3) is 0 Å². The zero-order valence-electron chi connectivity index (χ0n) is 24.2. The second kappa shape index (κ2) is 11.7. The van der Waals surface area contributed by atoms with E-state index in [0.29, 0.717) is 37.6 Å². The molecule has 13 heteroatoms. The van der Waals surface area contributed by atoms with Crippen molar-refractivity contribution in [3.63, 3.8) is 0 Å². The van der Waals surface area contributed by atoms with E-state index in [1.165, 1.54) is 41.4 Å². The van der Waals surface area contributed by atoms with Crippen LogP contribution in [0.5, 0.6) is 5.75 Å². The highest BCUT2D eigenvalue weighted by atomic mass is 19.4. The first kappa shape index (κ1) is 29.8. The van der Waals surface area contributed by atoms with Gasteiger partial charge in [0.1, 0.15) is 30.0 Å². The van der Waals surface area contributed by atoms with Gasteiger partial charge in [-0.25, -0.2) is 14.8 Å². The van der Waals surface area contributed by atoms with Crippen molar-refractivity contribution in [3.05, 3.63) is 72.1 Å². The van der Waals surface area contributed by atoms with Crippen LogP contribution < -0.4 is 19.9 Å². The quantitative estimate of drug-likeness (QED) is 0.331. The Kier molecular flexibility index (Phi) is 7.93. The topological polar surface area (TPSA) is 106 Å². The number of carbonyl (C=O) groups is 2. The molecule has 2 aromatic heterocycles. The van der Waals surface area contributed by atoms with E-state index in [9.17, 15) is 22.8 Å². The van der Waals surface area contributed by atoms with E-state index in [-0.39, 0.29) is 41.6 Å². The summed E-state index contributed by atoms with van der Waals surface area (Å²) in [6, 6.07) is 12.9. The molecule has 6 rings (SSSR count). The molecule has 3 aliphatic heterocycles. The molecule has 2 fully saturated rings. The Labute approximate surface area is 252 Å². The van der Waals surface area contributed by atoms with E-state index in [1.54, 1.807) is 24.3 Å². The van der Waals surface area contributed by atoms with Gasteiger partial charge in [0.2, 0.25) is 0 Å². The molecule has 1 N–H and O–H groups in total. The van der Waals surface area contributed by atoms with Crippen LogP contribution in [0.1, 0.15) is 48.7 Å². The molecule has 3 aromatic rings. The van der Waals surface area contributed by atoms with Crippen LogP contribution in [0.2, 0.25) is 0 Å². The van der Waals surface area contributed by atoms with Gasteiger partial charge >= 0.3 is 12.2 Å². The zero-order valence-corrected chi connectivity index (χ0v) is 24.2. The summed E-state index contributed by atoms with van der Waals surface area (Å²) in [5.74, 6) is -2.49. The number of urea groups is 1. The summed E-state index contributed by atoms with van der Waals surface area (Å²) in [7, 11) is 0. The zero-order chi connectivity index (χ0) is 31.1. The van der Waals surface area contributed by atoms with Gasteiger partial charge in [-0.05, 0) is 44.0 Å². The molecule has 0 unspecified atom stereocenters. The molecule has 2 saturated heterocycles. The number of amides is 2. The van der Waals surface area contributed by atoms with Gasteiger partial charge < -0.3 is 19.1 Å². The first-order valence-electron chi connectivity index (χ1n) is 14.4. The van der Waals surface area contributed by atoms with Gasteiger partial charge in [0.25, 0.3) is 0 Å². The number of hydrogen-bond donors (Lipinski definition) is 1.